The number of rotatable bonds is 10. The second-order valence-electron chi connectivity index (χ2n) is 4.79. The van der Waals surface area contributed by atoms with Gasteiger partial charge in [0.25, 0.3) is 0 Å². The molecule has 0 aromatic carbocycles. The number of unbranched alkanes of at least 4 members (excludes halogenated alkanes) is 2. The van der Waals surface area contributed by atoms with Crippen LogP contribution in [0.1, 0.15) is 40.0 Å². The van der Waals surface area contributed by atoms with E-state index in [9.17, 15) is 19.8 Å². The summed E-state index contributed by atoms with van der Waals surface area (Å²) in [5.74, 6) is -0.482. The molecule has 0 heterocycles. The van der Waals surface area contributed by atoms with E-state index in [4.69, 9.17) is 0 Å². The van der Waals surface area contributed by atoms with Gasteiger partial charge in [-0.1, -0.05) is 19.8 Å². The van der Waals surface area contributed by atoms with Crippen molar-refractivity contribution < 1.29 is 19.8 Å². The molecular weight excluding hydrogens is 248 g/mol. The van der Waals surface area contributed by atoms with E-state index < -0.39 is 30.2 Å². The van der Waals surface area contributed by atoms with Gasteiger partial charge in [-0.2, -0.15) is 0 Å². The van der Waals surface area contributed by atoms with Crippen LogP contribution in [0.2, 0.25) is 0 Å². The summed E-state index contributed by atoms with van der Waals surface area (Å²) in [4.78, 5) is 22.6. The lowest BCUT2D eigenvalue weighted by molar-refractivity contribution is -0.129. The van der Waals surface area contributed by atoms with Gasteiger partial charge in [0, 0.05) is 0 Å². The van der Waals surface area contributed by atoms with E-state index in [1.165, 1.54) is 13.8 Å². The van der Waals surface area contributed by atoms with Crippen LogP contribution in [0.4, 0.5) is 0 Å². The average molecular weight is 274 g/mol. The summed E-state index contributed by atoms with van der Waals surface area (Å²) in [6.07, 6.45) is 1.69. The SMILES string of the molecule is CCCCCNC(C(=O)N[C@@H](C=O)C(C)O)C(C)O. The van der Waals surface area contributed by atoms with Gasteiger partial charge in [-0.3, -0.25) is 4.79 Å². The van der Waals surface area contributed by atoms with Gasteiger partial charge in [-0.15, -0.1) is 0 Å². The average Bonchev–Trinajstić information content (AvgIpc) is 2.34. The minimum absolute atomic E-state index is 0.482. The number of carbonyl (C=O) groups is 2. The zero-order valence-corrected chi connectivity index (χ0v) is 11.9. The van der Waals surface area contributed by atoms with E-state index in [0.29, 0.717) is 12.8 Å². The predicted molar refractivity (Wildman–Crippen MR) is 72.7 cm³/mol. The molecule has 0 saturated heterocycles. The third-order valence-electron chi connectivity index (χ3n) is 2.88. The summed E-state index contributed by atoms with van der Waals surface area (Å²) in [6, 6.07) is -1.73. The molecule has 0 saturated carbocycles. The topological polar surface area (TPSA) is 98.7 Å². The molecule has 6 heteroatoms. The molecule has 112 valence electrons. The maximum atomic E-state index is 11.9. The number of aliphatic hydroxyl groups is 2. The Bertz CT molecular complexity index is 269. The normalized spacial score (nSPS) is 17.3. The second kappa shape index (κ2) is 9.89. The molecule has 4 atom stereocenters. The smallest absolute Gasteiger partial charge is 0.240 e. The molecule has 0 aromatic rings. The van der Waals surface area contributed by atoms with Crippen LogP contribution < -0.4 is 10.6 Å². The number of aldehydes is 1. The standard InChI is InChI=1S/C13H26N2O4/c1-4-5-6-7-14-12(10(3)18)13(19)15-11(8-16)9(2)17/h8-12,14,17-18H,4-7H2,1-3H3,(H,15,19)/t9?,10?,11-,12?/m0/s1. The van der Waals surface area contributed by atoms with Crippen molar-refractivity contribution in [2.24, 2.45) is 0 Å². The molecule has 3 unspecified atom stereocenters. The Balaban J connectivity index is 4.36. The molecule has 0 fully saturated rings. The first-order chi connectivity index (χ1) is 8.93. The van der Waals surface area contributed by atoms with Gasteiger partial charge in [0.15, 0.2) is 0 Å². The molecule has 4 N–H and O–H groups in total. The zero-order chi connectivity index (χ0) is 14.8. The van der Waals surface area contributed by atoms with Crippen molar-refractivity contribution in [3.05, 3.63) is 0 Å². The van der Waals surface area contributed by atoms with E-state index in [0.717, 1.165) is 19.3 Å². The van der Waals surface area contributed by atoms with Crippen molar-refractivity contribution in [3.8, 4) is 0 Å². The Morgan fingerprint density at radius 3 is 2.26 bits per heavy atom. The first-order valence-electron chi connectivity index (χ1n) is 6.79. The van der Waals surface area contributed by atoms with E-state index >= 15 is 0 Å². The molecular formula is C13H26N2O4. The number of nitrogens with one attached hydrogen (secondary N) is 2. The fraction of sp³-hybridized carbons (Fsp3) is 0.846. The molecule has 6 nitrogen and oxygen atoms in total. The molecule has 19 heavy (non-hydrogen) atoms. The molecule has 0 aliphatic carbocycles. The molecule has 0 spiro atoms. The minimum atomic E-state index is -0.962. The molecule has 0 aliphatic heterocycles. The van der Waals surface area contributed by atoms with Gasteiger partial charge in [-0.25, -0.2) is 0 Å². The fourth-order valence-electron chi connectivity index (χ4n) is 1.64. The van der Waals surface area contributed by atoms with Crippen LogP contribution >= 0.6 is 0 Å². The highest BCUT2D eigenvalue weighted by molar-refractivity contribution is 5.85. The fourth-order valence-corrected chi connectivity index (χ4v) is 1.64. The minimum Gasteiger partial charge on any atom is -0.391 e. The first kappa shape index (κ1) is 18.0. The third kappa shape index (κ3) is 7.25. The predicted octanol–water partition coefficient (Wildman–Crippen LogP) is -0.420. The highest BCUT2D eigenvalue weighted by Crippen LogP contribution is 1.98. The number of aliphatic hydroxyl groups excluding tert-OH is 2. The second-order valence-corrected chi connectivity index (χ2v) is 4.79. The highest BCUT2D eigenvalue weighted by Gasteiger charge is 2.26. The highest BCUT2D eigenvalue weighted by atomic mass is 16.3. The van der Waals surface area contributed by atoms with Crippen LogP contribution in [0.3, 0.4) is 0 Å². The Morgan fingerprint density at radius 2 is 1.84 bits per heavy atom. The number of carbonyl (C=O) groups excluding carboxylic acids is 2. The molecule has 0 rings (SSSR count). The van der Waals surface area contributed by atoms with E-state index in [-0.39, 0.29) is 0 Å². The molecule has 0 aromatic heterocycles. The van der Waals surface area contributed by atoms with Gasteiger partial charge >= 0.3 is 0 Å². The quantitative estimate of drug-likeness (QED) is 0.320. The van der Waals surface area contributed by atoms with Crippen molar-refractivity contribution in [2.75, 3.05) is 6.54 Å². The van der Waals surface area contributed by atoms with Crippen LogP contribution in [0.25, 0.3) is 0 Å². The Hall–Kier alpha value is -0.980. The van der Waals surface area contributed by atoms with E-state index in [1.807, 2.05) is 0 Å². The first-order valence-corrected chi connectivity index (χ1v) is 6.79. The van der Waals surface area contributed by atoms with Crippen LogP contribution in [0.15, 0.2) is 0 Å². The number of hydrogen-bond donors (Lipinski definition) is 4. The van der Waals surface area contributed by atoms with Gasteiger partial charge in [0.1, 0.15) is 18.4 Å². The maximum absolute atomic E-state index is 11.9. The summed E-state index contributed by atoms with van der Waals surface area (Å²) in [7, 11) is 0. The maximum Gasteiger partial charge on any atom is 0.240 e. The lowest BCUT2D eigenvalue weighted by Crippen LogP contribution is -2.55. The summed E-state index contributed by atoms with van der Waals surface area (Å²) in [5.41, 5.74) is 0. The van der Waals surface area contributed by atoms with Crippen LogP contribution in [0, 0.1) is 0 Å². The molecule has 1 amide bonds. The van der Waals surface area contributed by atoms with E-state index in [2.05, 4.69) is 17.6 Å². The van der Waals surface area contributed by atoms with E-state index in [1.54, 1.807) is 0 Å². The zero-order valence-electron chi connectivity index (χ0n) is 11.9. The Morgan fingerprint density at radius 1 is 1.21 bits per heavy atom. The van der Waals surface area contributed by atoms with Crippen molar-refractivity contribution in [1.82, 2.24) is 10.6 Å². The molecule has 0 bridgehead atoms. The summed E-state index contributed by atoms with van der Waals surface area (Å²) >= 11 is 0. The monoisotopic (exact) mass is 274 g/mol. The Kier molecular flexibility index (Phi) is 9.38. The van der Waals surface area contributed by atoms with Crippen molar-refractivity contribution >= 4 is 12.2 Å². The lowest BCUT2D eigenvalue weighted by atomic mass is 10.1. The summed E-state index contributed by atoms with van der Waals surface area (Å²) in [5, 5.41) is 24.3. The van der Waals surface area contributed by atoms with Gasteiger partial charge < -0.3 is 25.6 Å². The summed E-state index contributed by atoms with van der Waals surface area (Å²) in [6.45, 7) is 5.63. The van der Waals surface area contributed by atoms with Crippen molar-refractivity contribution in [3.63, 3.8) is 0 Å². The Labute approximate surface area is 114 Å². The number of hydrogen-bond acceptors (Lipinski definition) is 5. The summed E-state index contributed by atoms with van der Waals surface area (Å²) < 4.78 is 0. The third-order valence-corrected chi connectivity index (χ3v) is 2.88. The van der Waals surface area contributed by atoms with Gasteiger partial charge in [-0.05, 0) is 26.8 Å². The number of amides is 1. The van der Waals surface area contributed by atoms with Gasteiger partial charge in [0.05, 0.1) is 12.2 Å². The van der Waals surface area contributed by atoms with Crippen molar-refractivity contribution in [1.29, 1.82) is 0 Å². The van der Waals surface area contributed by atoms with Gasteiger partial charge in [0.2, 0.25) is 5.91 Å². The molecule has 0 radical (unpaired) electrons. The lowest BCUT2D eigenvalue weighted by Gasteiger charge is -2.23. The molecule has 0 aliphatic rings. The van der Waals surface area contributed by atoms with Crippen LogP contribution in [-0.4, -0.2) is 53.2 Å². The van der Waals surface area contributed by atoms with Crippen LogP contribution in [0.5, 0.6) is 0 Å². The largest absolute Gasteiger partial charge is 0.391 e. The van der Waals surface area contributed by atoms with Crippen LogP contribution in [-0.2, 0) is 9.59 Å². The van der Waals surface area contributed by atoms with Crippen molar-refractivity contribution in [2.45, 2.75) is 64.3 Å².